The highest BCUT2D eigenvalue weighted by atomic mass is 16.1. The van der Waals surface area contributed by atoms with E-state index in [2.05, 4.69) is 5.32 Å². The highest BCUT2D eigenvalue weighted by Crippen LogP contribution is 2.11. The van der Waals surface area contributed by atoms with Gasteiger partial charge in [0.15, 0.2) is 0 Å². The van der Waals surface area contributed by atoms with Crippen molar-refractivity contribution in [3.05, 3.63) is 70.3 Å². The monoisotopic (exact) mass is 268 g/mol. The number of benzene rings is 2. The zero-order chi connectivity index (χ0) is 14.5. The van der Waals surface area contributed by atoms with Crippen molar-refractivity contribution in [1.82, 2.24) is 5.32 Å². The predicted octanol–water partition coefficient (Wildman–Crippen LogP) is 2.69. The van der Waals surface area contributed by atoms with Gasteiger partial charge < -0.3 is 11.1 Å². The fourth-order valence-electron chi connectivity index (χ4n) is 2.09. The summed E-state index contributed by atoms with van der Waals surface area (Å²) in [6.45, 7) is 5.03. The van der Waals surface area contributed by atoms with Crippen LogP contribution < -0.4 is 11.1 Å². The lowest BCUT2D eigenvalue weighted by atomic mass is 10.1. The molecule has 0 saturated carbocycles. The number of rotatable bonds is 4. The zero-order valence-electron chi connectivity index (χ0n) is 11.9. The molecular weight excluding hydrogens is 248 g/mol. The largest absolute Gasteiger partial charge is 0.348 e. The van der Waals surface area contributed by atoms with E-state index in [-0.39, 0.29) is 5.91 Å². The van der Waals surface area contributed by atoms with E-state index >= 15 is 0 Å². The van der Waals surface area contributed by atoms with Gasteiger partial charge in [0, 0.05) is 18.7 Å². The van der Waals surface area contributed by atoms with Gasteiger partial charge in [-0.05, 0) is 48.2 Å². The van der Waals surface area contributed by atoms with Crippen LogP contribution in [0.25, 0.3) is 0 Å². The average Bonchev–Trinajstić information content (AvgIpc) is 2.47. The Morgan fingerprint density at radius 2 is 1.75 bits per heavy atom. The first-order valence-corrected chi connectivity index (χ1v) is 6.74. The number of amides is 1. The summed E-state index contributed by atoms with van der Waals surface area (Å²) < 4.78 is 0. The Hall–Kier alpha value is -2.13. The first kappa shape index (κ1) is 14.3. The van der Waals surface area contributed by atoms with Crippen LogP contribution in [0.15, 0.2) is 42.5 Å². The smallest absolute Gasteiger partial charge is 0.251 e. The van der Waals surface area contributed by atoms with E-state index < -0.39 is 0 Å². The van der Waals surface area contributed by atoms with E-state index in [9.17, 15) is 4.79 Å². The summed E-state index contributed by atoms with van der Waals surface area (Å²) in [4.78, 5) is 12.1. The predicted molar refractivity (Wildman–Crippen MR) is 81.4 cm³/mol. The summed E-state index contributed by atoms with van der Waals surface area (Å²) in [5.41, 5.74) is 10.8. The summed E-state index contributed by atoms with van der Waals surface area (Å²) in [6, 6.07) is 13.6. The van der Waals surface area contributed by atoms with Gasteiger partial charge in [-0.15, -0.1) is 0 Å². The highest BCUT2D eigenvalue weighted by molar-refractivity contribution is 5.94. The molecule has 1 amide bonds. The summed E-state index contributed by atoms with van der Waals surface area (Å²) in [7, 11) is 0. The number of carbonyl (C=O) groups is 1. The second-order valence-corrected chi connectivity index (χ2v) is 4.95. The molecule has 0 radical (unpaired) electrons. The van der Waals surface area contributed by atoms with Crippen LogP contribution in [0.1, 0.15) is 32.6 Å². The molecule has 20 heavy (non-hydrogen) atoms. The molecule has 0 spiro atoms. The van der Waals surface area contributed by atoms with Crippen LogP contribution in [0.4, 0.5) is 0 Å². The Bertz CT molecular complexity index is 620. The fraction of sp³-hybridized carbons (Fsp3) is 0.235. The molecule has 0 unspecified atom stereocenters. The number of carbonyl (C=O) groups excluding carboxylic acids is 1. The molecule has 3 nitrogen and oxygen atoms in total. The van der Waals surface area contributed by atoms with Gasteiger partial charge in [-0.25, -0.2) is 0 Å². The molecule has 0 saturated heterocycles. The zero-order valence-corrected chi connectivity index (χ0v) is 11.9. The van der Waals surface area contributed by atoms with Crippen molar-refractivity contribution in [3.8, 4) is 0 Å². The molecule has 0 atom stereocenters. The van der Waals surface area contributed by atoms with Crippen LogP contribution in [-0.4, -0.2) is 5.91 Å². The Labute approximate surface area is 119 Å². The molecule has 0 bridgehead atoms. The molecule has 3 N–H and O–H groups in total. The minimum Gasteiger partial charge on any atom is -0.348 e. The van der Waals surface area contributed by atoms with E-state index in [1.807, 2.05) is 56.3 Å². The van der Waals surface area contributed by atoms with Crippen LogP contribution in [0.3, 0.4) is 0 Å². The van der Waals surface area contributed by atoms with Gasteiger partial charge in [0.25, 0.3) is 5.91 Å². The quantitative estimate of drug-likeness (QED) is 0.895. The second-order valence-electron chi connectivity index (χ2n) is 4.95. The first-order chi connectivity index (χ1) is 9.61. The Morgan fingerprint density at radius 3 is 2.40 bits per heavy atom. The van der Waals surface area contributed by atoms with E-state index in [1.165, 1.54) is 5.56 Å². The molecule has 0 fully saturated rings. The number of nitrogens with one attached hydrogen (secondary N) is 1. The lowest BCUT2D eigenvalue weighted by Gasteiger charge is -2.10. The minimum absolute atomic E-state index is 0.0556. The fourth-order valence-corrected chi connectivity index (χ4v) is 2.09. The lowest BCUT2D eigenvalue weighted by Crippen LogP contribution is -2.23. The molecular formula is C17H20N2O. The summed E-state index contributed by atoms with van der Waals surface area (Å²) in [5.74, 6) is -0.0556. The molecule has 0 heterocycles. The van der Waals surface area contributed by atoms with Crippen molar-refractivity contribution in [3.63, 3.8) is 0 Å². The summed E-state index contributed by atoms with van der Waals surface area (Å²) >= 11 is 0. The molecule has 0 aliphatic carbocycles. The van der Waals surface area contributed by atoms with Crippen molar-refractivity contribution in [1.29, 1.82) is 0 Å². The Balaban J connectivity index is 2.06. The van der Waals surface area contributed by atoms with Gasteiger partial charge in [-0.1, -0.05) is 30.3 Å². The van der Waals surface area contributed by atoms with Crippen LogP contribution in [-0.2, 0) is 13.1 Å². The normalized spacial score (nSPS) is 10.3. The third-order valence-corrected chi connectivity index (χ3v) is 3.55. The molecule has 2 aromatic rings. The van der Waals surface area contributed by atoms with Gasteiger partial charge in [0.05, 0.1) is 0 Å². The van der Waals surface area contributed by atoms with E-state index in [1.54, 1.807) is 0 Å². The summed E-state index contributed by atoms with van der Waals surface area (Å²) in [6.07, 6.45) is 0. The number of hydrogen-bond acceptors (Lipinski definition) is 2. The topological polar surface area (TPSA) is 55.1 Å². The maximum atomic E-state index is 12.1. The highest BCUT2D eigenvalue weighted by Gasteiger charge is 2.07. The van der Waals surface area contributed by atoms with Crippen molar-refractivity contribution in [2.45, 2.75) is 26.9 Å². The standard InChI is InChI=1S/C17H20N2O/c1-12-7-8-14(9-13(12)2)17(20)19-11-16-6-4-3-5-15(16)10-18/h3-9H,10-11,18H2,1-2H3,(H,19,20). The van der Waals surface area contributed by atoms with Crippen LogP contribution in [0, 0.1) is 13.8 Å². The number of hydrogen-bond donors (Lipinski definition) is 2. The minimum atomic E-state index is -0.0556. The van der Waals surface area contributed by atoms with Gasteiger partial charge in [-0.2, -0.15) is 0 Å². The third kappa shape index (κ3) is 3.25. The van der Waals surface area contributed by atoms with E-state index in [4.69, 9.17) is 5.73 Å². The summed E-state index contributed by atoms with van der Waals surface area (Å²) in [5, 5.41) is 2.94. The second kappa shape index (κ2) is 6.35. The molecule has 104 valence electrons. The van der Waals surface area contributed by atoms with Gasteiger partial charge in [0.1, 0.15) is 0 Å². The molecule has 0 aromatic heterocycles. The molecule has 0 aliphatic rings. The Morgan fingerprint density at radius 1 is 1.05 bits per heavy atom. The van der Waals surface area contributed by atoms with E-state index in [0.717, 1.165) is 16.7 Å². The maximum absolute atomic E-state index is 12.1. The van der Waals surface area contributed by atoms with Crippen LogP contribution in [0.2, 0.25) is 0 Å². The van der Waals surface area contributed by atoms with Crippen LogP contribution in [0.5, 0.6) is 0 Å². The number of aryl methyl sites for hydroxylation is 2. The lowest BCUT2D eigenvalue weighted by molar-refractivity contribution is 0.0950. The molecule has 2 aromatic carbocycles. The third-order valence-electron chi connectivity index (χ3n) is 3.55. The maximum Gasteiger partial charge on any atom is 0.251 e. The Kier molecular flexibility index (Phi) is 4.53. The van der Waals surface area contributed by atoms with Crippen molar-refractivity contribution < 1.29 is 4.79 Å². The van der Waals surface area contributed by atoms with E-state index in [0.29, 0.717) is 18.7 Å². The first-order valence-electron chi connectivity index (χ1n) is 6.74. The SMILES string of the molecule is Cc1ccc(C(=O)NCc2ccccc2CN)cc1C. The van der Waals surface area contributed by atoms with Crippen molar-refractivity contribution in [2.24, 2.45) is 5.73 Å². The van der Waals surface area contributed by atoms with Crippen LogP contribution >= 0.6 is 0 Å². The average molecular weight is 268 g/mol. The molecule has 3 heteroatoms. The van der Waals surface area contributed by atoms with Crippen molar-refractivity contribution >= 4 is 5.91 Å². The molecule has 0 aliphatic heterocycles. The molecule has 2 rings (SSSR count). The van der Waals surface area contributed by atoms with Gasteiger partial charge >= 0.3 is 0 Å². The number of nitrogens with two attached hydrogens (primary N) is 1. The van der Waals surface area contributed by atoms with Gasteiger partial charge in [0.2, 0.25) is 0 Å². The van der Waals surface area contributed by atoms with Gasteiger partial charge in [-0.3, -0.25) is 4.79 Å². The van der Waals surface area contributed by atoms with Crippen molar-refractivity contribution in [2.75, 3.05) is 0 Å².